The Hall–Kier alpha value is -2.08. The van der Waals surface area contributed by atoms with E-state index in [-0.39, 0.29) is 24.9 Å². The largest absolute Gasteiger partial charge is 0.345 e. The molecule has 4 N–H and O–H groups in total. The molecule has 0 amide bonds. The number of aromatic amines is 1. The summed E-state index contributed by atoms with van der Waals surface area (Å²) in [4.78, 5) is 7.32. The summed E-state index contributed by atoms with van der Waals surface area (Å²) in [5.41, 5.74) is 7.42. The molecule has 5 rings (SSSR count). The van der Waals surface area contributed by atoms with Gasteiger partial charge < -0.3 is 10.7 Å². The molecule has 0 radical (unpaired) electrons. The fraction of sp³-hybridized carbons (Fsp3) is 0.588. The van der Waals surface area contributed by atoms with E-state index in [1.165, 1.54) is 12.8 Å². The topological polar surface area (TPSA) is 142 Å². The van der Waals surface area contributed by atoms with Gasteiger partial charge in [0.15, 0.2) is 11.3 Å². The van der Waals surface area contributed by atoms with E-state index in [4.69, 9.17) is 5.73 Å². The summed E-state index contributed by atoms with van der Waals surface area (Å²) in [6.45, 7) is 3.41. The number of nitrogens with zero attached hydrogens (tertiary/aromatic N) is 5. The van der Waals surface area contributed by atoms with Gasteiger partial charge in [0.2, 0.25) is 0 Å². The van der Waals surface area contributed by atoms with Crippen LogP contribution in [0.4, 0.5) is 0 Å². The van der Waals surface area contributed by atoms with Crippen molar-refractivity contribution in [1.29, 1.82) is 0 Å². The zero-order valence-corrected chi connectivity index (χ0v) is 16.5. The predicted octanol–water partition coefficient (Wildman–Crippen LogP) is 1.19. The second kappa shape index (κ2) is 7.39. The second-order valence-corrected chi connectivity index (χ2v) is 8.88. The van der Waals surface area contributed by atoms with Gasteiger partial charge in [0, 0.05) is 25.2 Å². The monoisotopic (exact) mass is 407 g/mol. The summed E-state index contributed by atoms with van der Waals surface area (Å²) in [5.74, 6) is 1.56. The Morgan fingerprint density at radius 1 is 1.32 bits per heavy atom. The zero-order chi connectivity index (χ0) is 19.9. The second-order valence-electron chi connectivity index (χ2n) is 7.47. The van der Waals surface area contributed by atoms with Gasteiger partial charge in [-0.1, -0.05) is 13.3 Å². The molecule has 0 bridgehead atoms. The smallest absolute Gasteiger partial charge is 0.335 e. The standard InChI is InChI=1S/C13H16N6O3S.C4H9N/c1-2-8-6-18(23(20,21)22)7-9(8)13-17-16-11-5-15-12-10(19(11)13)3-4-14-12;5-3-4-1-2-4/h3-5,8-9,14H,2,6-7H2,1H3,(H,20,21,22);4H,1-3,5H2/t8-,9+;/m1./s1. The first kappa shape index (κ1) is 19.2. The van der Waals surface area contributed by atoms with Crippen molar-refractivity contribution in [2.24, 2.45) is 17.6 Å². The zero-order valence-electron chi connectivity index (χ0n) is 15.7. The van der Waals surface area contributed by atoms with E-state index in [0.717, 1.165) is 34.4 Å². The van der Waals surface area contributed by atoms with Crippen LogP contribution in [0.1, 0.15) is 37.9 Å². The molecule has 4 heterocycles. The van der Waals surface area contributed by atoms with E-state index in [1.807, 2.05) is 17.4 Å². The van der Waals surface area contributed by atoms with Crippen LogP contribution >= 0.6 is 0 Å². The van der Waals surface area contributed by atoms with Gasteiger partial charge in [-0.2, -0.15) is 12.7 Å². The normalized spacial score (nSPS) is 23.2. The van der Waals surface area contributed by atoms with Gasteiger partial charge in [-0.3, -0.25) is 8.95 Å². The van der Waals surface area contributed by atoms with Crippen LogP contribution in [0.3, 0.4) is 0 Å². The SMILES string of the molecule is CC[C@@H]1CN(S(=O)(=O)O)C[C@@H]1c1nnc2cnc3[nH]ccc3n12.NCC1CC1. The Morgan fingerprint density at radius 3 is 2.71 bits per heavy atom. The fourth-order valence-corrected chi connectivity index (χ4v) is 4.45. The lowest BCUT2D eigenvalue weighted by Crippen LogP contribution is -2.28. The van der Waals surface area contributed by atoms with Gasteiger partial charge in [-0.15, -0.1) is 10.2 Å². The summed E-state index contributed by atoms with van der Waals surface area (Å²) in [7, 11) is -4.20. The van der Waals surface area contributed by atoms with Crippen molar-refractivity contribution in [3.8, 4) is 0 Å². The van der Waals surface area contributed by atoms with Crippen LogP contribution in [0.15, 0.2) is 18.5 Å². The van der Waals surface area contributed by atoms with Crippen LogP contribution in [-0.2, 0) is 10.3 Å². The maximum Gasteiger partial charge on any atom is 0.335 e. The van der Waals surface area contributed by atoms with E-state index in [0.29, 0.717) is 11.5 Å². The minimum atomic E-state index is -4.20. The van der Waals surface area contributed by atoms with Crippen LogP contribution in [0, 0.1) is 11.8 Å². The molecule has 2 fully saturated rings. The number of nitrogens with two attached hydrogens (primary N) is 1. The van der Waals surface area contributed by atoms with Crippen molar-refractivity contribution in [3.63, 3.8) is 0 Å². The van der Waals surface area contributed by atoms with Crippen molar-refractivity contribution in [2.45, 2.75) is 32.1 Å². The van der Waals surface area contributed by atoms with E-state index >= 15 is 0 Å². The maximum atomic E-state index is 11.5. The van der Waals surface area contributed by atoms with E-state index in [2.05, 4.69) is 20.2 Å². The molecule has 152 valence electrons. The third kappa shape index (κ3) is 3.62. The molecule has 3 aromatic rings. The van der Waals surface area contributed by atoms with Gasteiger partial charge in [0.25, 0.3) is 0 Å². The van der Waals surface area contributed by atoms with Gasteiger partial charge in [0.1, 0.15) is 5.82 Å². The summed E-state index contributed by atoms with van der Waals surface area (Å²) >= 11 is 0. The average Bonchev–Trinajstić information content (AvgIpc) is 3.07. The Balaban J connectivity index is 0.000000336. The maximum absolute atomic E-state index is 11.5. The van der Waals surface area contributed by atoms with E-state index < -0.39 is 10.3 Å². The first-order chi connectivity index (χ1) is 13.4. The van der Waals surface area contributed by atoms with Crippen molar-refractivity contribution in [3.05, 3.63) is 24.3 Å². The van der Waals surface area contributed by atoms with E-state index in [1.54, 1.807) is 12.4 Å². The Morgan fingerprint density at radius 2 is 2.11 bits per heavy atom. The summed E-state index contributed by atoms with van der Waals surface area (Å²) in [6, 6.07) is 1.89. The highest BCUT2D eigenvalue weighted by Gasteiger charge is 2.40. The average molecular weight is 408 g/mol. The van der Waals surface area contributed by atoms with Crippen molar-refractivity contribution in [1.82, 2.24) is 28.9 Å². The van der Waals surface area contributed by atoms with Gasteiger partial charge in [-0.25, -0.2) is 4.98 Å². The van der Waals surface area contributed by atoms with Gasteiger partial charge >= 0.3 is 10.3 Å². The predicted molar refractivity (Wildman–Crippen MR) is 104 cm³/mol. The number of H-pyrrole nitrogens is 1. The Kier molecular flexibility index (Phi) is 5.08. The molecule has 11 heteroatoms. The number of hydrogen-bond donors (Lipinski definition) is 3. The minimum Gasteiger partial charge on any atom is -0.345 e. The molecule has 0 aromatic carbocycles. The fourth-order valence-electron chi connectivity index (χ4n) is 3.72. The molecule has 1 saturated heterocycles. The highest BCUT2D eigenvalue weighted by molar-refractivity contribution is 7.83. The quantitative estimate of drug-likeness (QED) is 0.551. The summed E-state index contributed by atoms with van der Waals surface area (Å²) < 4.78 is 35.3. The van der Waals surface area contributed by atoms with Crippen LogP contribution in [-0.4, -0.2) is 61.5 Å². The first-order valence-corrected chi connectivity index (χ1v) is 10.9. The Bertz CT molecular complexity index is 1070. The summed E-state index contributed by atoms with van der Waals surface area (Å²) in [5, 5.41) is 8.43. The molecule has 2 atom stereocenters. The number of hydrogen-bond acceptors (Lipinski definition) is 6. The Labute approximate surface area is 163 Å². The lowest BCUT2D eigenvalue weighted by molar-refractivity contribution is 0.380. The van der Waals surface area contributed by atoms with Crippen LogP contribution < -0.4 is 5.73 Å². The van der Waals surface area contributed by atoms with Crippen molar-refractivity contribution >= 4 is 27.1 Å². The first-order valence-electron chi connectivity index (χ1n) is 9.52. The highest BCUT2D eigenvalue weighted by Crippen LogP contribution is 2.35. The highest BCUT2D eigenvalue weighted by atomic mass is 32.2. The minimum absolute atomic E-state index is 0.0754. The van der Waals surface area contributed by atoms with Gasteiger partial charge in [-0.05, 0) is 37.3 Å². The number of aromatic nitrogens is 5. The van der Waals surface area contributed by atoms with E-state index in [9.17, 15) is 13.0 Å². The van der Waals surface area contributed by atoms with Gasteiger partial charge in [0.05, 0.1) is 11.7 Å². The van der Waals surface area contributed by atoms with Crippen molar-refractivity contribution in [2.75, 3.05) is 19.6 Å². The molecule has 2 aliphatic rings. The molecular weight excluding hydrogens is 382 g/mol. The lowest BCUT2D eigenvalue weighted by atomic mass is 9.93. The molecule has 28 heavy (non-hydrogen) atoms. The van der Waals surface area contributed by atoms with Crippen LogP contribution in [0.2, 0.25) is 0 Å². The molecule has 0 unspecified atom stereocenters. The molecular formula is C17H25N7O3S. The third-order valence-electron chi connectivity index (χ3n) is 5.59. The molecule has 0 spiro atoms. The number of fused-ring (bicyclic) bond motifs is 3. The lowest BCUT2D eigenvalue weighted by Gasteiger charge is -2.14. The molecule has 1 saturated carbocycles. The molecule has 3 aromatic heterocycles. The van der Waals surface area contributed by atoms with Crippen LogP contribution in [0.25, 0.3) is 16.8 Å². The number of nitrogens with one attached hydrogen (secondary N) is 1. The molecule has 10 nitrogen and oxygen atoms in total. The number of rotatable bonds is 4. The molecule has 1 aliphatic carbocycles. The third-order valence-corrected chi connectivity index (χ3v) is 6.54. The molecule has 1 aliphatic heterocycles. The van der Waals surface area contributed by atoms with Crippen molar-refractivity contribution < 1.29 is 13.0 Å². The van der Waals surface area contributed by atoms with Crippen LogP contribution in [0.5, 0.6) is 0 Å². The summed E-state index contributed by atoms with van der Waals surface area (Å²) in [6.07, 6.45) is 6.98.